The quantitative estimate of drug-likeness (QED) is 0.618. The van der Waals surface area contributed by atoms with E-state index in [0.29, 0.717) is 13.0 Å². The molecule has 6 bridgehead atoms. The third-order valence-corrected chi connectivity index (χ3v) is 4.64. The molecule has 3 atom stereocenters. The first-order valence-electron chi connectivity index (χ1n) is 8.67. The topological polar surface area (TPSA) is 115 Å². The third-order valence-electron chi connectivity index (χ3n) is 4.64. The minimum Gasteiger partial charge on any atom is -0.390 e. The van der Waals surface area contributed by atoms with Crippen molar-refractivity contribution in [3.63, 3.8) is 0 Å². The molecular weight excluding hydrogens is 338 g/mol. The summed E-state index contributed by atoms with van der Waals surface area (Å²) in [7, 11) is 0. The number of fused-ring (bicyclic) bond motifs is 7. The Morgan fingerprint density at radius 2 is 2.19 bits per heavy atom. The summed E-state index contributed by atoms with van der Waals surface area (Å²) >= 11 is 0. The van der Waals surface area contributed by atoms with E-state index in [-0.39, 0.29) is 12.0 Å². The molecular formula is C17H19N5O4. The van der Waals surface area contributed by atoms with E-state index in [9.17, 15) is 14.7 Å². The predicted octanol–water partition coefficient (Wildman–Crippen LogP) is -0.445. The molecule has 0 saturated carbocycles. The van der Waals surface area contributed by atoms with E-state index >= 15 is 0 Å². The van der Waals surface area contributed by atoms with Crippen LogP contribution in [0.25, 0.3) is 0 Å². The molecule has 2 aromatic rings. The van der Waals surface area contributed by atoms with Crippen LogP contribution in [-0.4, -0.2) is 41.9 Å². The number of aromatic amines is 1. The highest BCUT2D eigenvalue weighted by Gasteiger charge is 2.36. The smallest absolute Gasteiger partial charge is 0.330 e. The number of hydrogen-bond donors (Lipinski definition) is 2. The maximum absolute atomic E-state index is 12.2. The van der Waals surface area contributed by atoms with Gasteiger partial charge in [0.1, 0.15) is 17.9 Å². The summed E-state index contributed by atoms with van der Waals surface area (Å²) in [5.41, 5.74) is 0.00571. The maximum atomic E-state index is 12.2. The van der Waals surface area contributed by atoms with Crippen molar-refractivity contribution in [1.29, 1.82) is 0 Å². The van der Waals surface area contributed by atoms with Crippen molar-refractivity contribution in [2.75, 3.05) is 0 Å². The average molecular weight is 357 g/mol. The zero-order valence-corrected chi connectivity index (χ0v) is 14.1. The fourth-order valence-corrected chi connectivity index (χ4v) is 3.24. The summed E-state index contributed by atoms with van der Waals surface area (Å²) < 4.78 is 8.79. The van der Waals surface area contributed by atoms with Gasteiger partial charge in [0, 0.05) is 25.2 Å². The van der Waals surface area contributed by atoms with Gasteiger partial charge in [0.05, 0.1) is 18.3 Å². The number of aliphatic hydroxyl groups is 1. The Morgan fingerprint density at radius 3 is 3.08 bits per heavy atom. The summed E-state index contributed by atoms with van der Waals surface area (Å²) in [6.45, 7) is 0.343. The molecule has 1 fully saturated rings. The number of aliphatic hydroxyl groups excluding tert-OH is 1. The molecule has 2 aromatic heterocycles. The van der Waals surface area contributed by atoms with Gasteiger partial charge in [0.15, 0.2) is 0 Å². The van der Waals surface area contributed by atoms with E-state index in [1.165, 1.54) is 10.8 Å². The first-order valence-corrected chi connectivity index (χ1v) is 8.67. The predicted molar refractivity (Wildman–Crippen MR) is 90.3 cm³/mol. The minimum atomic E-state index is -0.753. The van der Waals surface area contributed by atoms with E-state index in [1.807, 2.05) is 6.20 Å². The van der Waals surface area contributed by atoms with Gasteiger partial charge in [-0.05, 0) is 19.3 Å². The monoisotopic (exact) mass is 357 g/mol. The van der Waals surface area contributed by atoms with Crippen LogP contribution in [0.5, 0.6) is 0 Å². The van der Waals surface area contributed by atoms with Crippen molar-refractivity contribution < 1.29 is 9.84 Å². The van der Waals surface area contributed by atoms with Gasteiger partial charge in [-0.1, -0.05) is 17.1 Å². The zero-order chi connectivity index (χ0) is 18.1. The van der Waals surface area contributed by atoms with Crippen LogP contribution in [0.2, 0.25) is 0 Å². The van der Waals surface area contributed by atoms with Crippen molar-refractivity contribution in [3.8, 4) is 11.8 Å². The standard InChI is InChI=1S/C17H19N5O4/c23-13-7-15-22-8-11(16(24)18-17(22)25)5-3-1-2-4-6-12-9-21(20-19-12)10-14(13)26-15/h8-9,13-15,23H,1-2,4,6-7,10H2,(H,18,24,25)/t13-,14-,15-/m1/s1. The van der Waals surface area contributed by atoms with Gasteiger partial charge in [-0.2, -0.15) is 0 Å². The molecule has 2 aliphatic heterocycles. The molecule has 0 aliphatic carbocycles. The lowest BCUT2D eigenvalue weighted by Crippen LogP contribution is -2.33. The summed E-state index contributed by atoms with van der Waals surface area (Å²) in [6, 6.07) is 0. The fraction of sp³-hybridized carbons (Fsp3) is 0.529. The molecule has 0 aromatic carbocycles. The Labute approximate surface area is 148 Å². The second-order valence-corrected chi connectivity index (χ2v) is 6.58. The lowest BCUT2D eigenvalue weighted by Gasteiger charge is -2.16. The normalized spacial score (nSPS) is 25.5. The van der Waals surface area contributed by atoms with E-state index in [1.54, 1.807) is 4.68 Å². The molecule has 4 heterocycles. The number of nitrogens with zero attached hydrogens (tertiary/aromatic N) is 4. The fourth-order valence-electron chi connectivity index (χ4n) is 3.24. The molecule has 0 radical (unpaired) electrons. The number of H-pyrrole nitrogens is 1. The number of ether oxygens (including phenoxy) is 1. The van der Waals surface area contributed by atoms with Crippen molar-refractivity contribution in [3.05, 3.63) is 44.5 Å². The number of nitrogens with one attached hydrogen (secondary N) is 1. The first-order chi connectivity index (χ1) is 12.6. The van der Waals surface area contributed by atoms with E-state index in [2.05, 4.69) is 27.1 Å². The molecule has 26 heavy (non-hydrogen) atoms. The van der Waals surface area contributed by atoms with Crippen LogP contribution in [0, 0.1) is 11.8 Å². The number of hydrogen-bond acceptors (Lipinski definition) is 6. The largest absolute Gasteiger partial charge is 0.390 e. The maximum Gasteiger partial charge on any atom is 0.330 e. The van der Waals surface area contributed by atoms with Crippen LogP contribution >= 0.6 is 0 Å². The highest BCUT2D eigenvalue weighted by atomic mass is 16.5. The van der Waals surface area contributed by atoms with Crippen molar-refractivity contribution in [2.45, 2.75) is 57.1 Å². The molecule has 1 saturated heterocycles. The van der Waals surface area contributed by atoms with Crippen LogP contribution < -0.4 is 11.2 Å². The van der Waals surface area contributed by atoms with Crippen LogP contribution in [-0.2, 0) is 17.7 Å². The lowest BCUT2D eigenvalue weighted by atomic mass is 10.1. The van der Waals surface area contributed by atoms with Crippen LogP contribution in [0.4, 0.5) is 0 Å². The van der Waals surface area contributed by atoms with Crippen LogP contribution in [0.3, 0.4) is 0 Å². The second kappa shape index (κ2) is 6.90. The van der Waals surface area contributed by atoms with Gasteiger partial charge in [0.2, 0.25) is 0 Å². The zero-order valence-electron chi connectivity index (χ0n) is 14.1. The molecule has 0 spiro atoms. The Balaban J connectivity index is 1.71. The molecule has 9 nitrogen and oxygen atoms in total. The molecule has 136 valence electrons. The summed E-state index contributed by atoms with van der Waals surface area (Å²) in [5, 5.41) is 18.5. The molecule has 4 rings (SSSR count). The van der Waals surface area contributed by atoms with Gasteiger partial charge in [-0.3, -0.25) is 14.3 Å². The Morgan fingerprint density at radius 1 is 1.31 bits per heavy atom. The highest BCUT2D eigenvalue weighted by molar-refractivity contribution is 5.29. The first kappa shape index (κ1) is 16.8. The van der Waals surface area contributed by atoms with Crippen molar-refractivity contribution in [1.82, 2.24) is 24.5 Å². The van der Waals surface area contributed by atoms with Gasteiger partial charge in [-0.25, -0.2) is 9.48 Å². The minimum absolute atomic E-state index is 0.217. The van der Waals surface area contributed by atoms with E-state index < -0.39 is 29.7 Å². The Hall–Kier alpha value is -2.70. The van der Waals surface area contributed by atoms with Crippen LogP contribution in [0.1, 0.15) is 43.2 Å². The molecule has 9 heteroatoms. The van der Waals surface area contributed by atoms with Crippen molar-refractivity contribution in [2.24, 2.45) is 0 Å². The van der Waals surface area contributed by atoms with Gasteiger partial charge in [-0.15, -0.1) is 5.10 Å². The molecule has 2 aliphatic rings. The third kappa shape index (κ3) is 3.34. The molecule has 2 N–H and O–H groups in total. The number of aryl methyl sites for hydroxylation is 1. The average Bonchev–Trinajstić information content (AvgIpc) is 3.19. The van der Waals surface area contributed by atoms with Crippen molar-refractivity contribution >= 4 is 0 Å². The SMILES string of the molecule is O=c1[nH]c(=O)n2cc1C#CCCCCc1cn(nn1)C[C@H]1O[C@@H]2C[C@H]1O. The van der Waals surface area contributed by atoms with E-state index in [0.717, 1.165) is 25.0 Å². The Bertz CT molecular complexity index is 979. The van der Waals surface area contributed by atoms with Gasteiger partial charge >= 0.3 is 5.69 Å². The Kier molecular flexibility index (Phi) is 4.44. The molecule has 0 amide bonds. The van der Waals surface area contributed by atoms with Gasteiger partial charge < -0.3 is 9.84 Å². The highest BCUT2D eigenvalue weighted by Crippen LogP contribution is 2.28. The summed E-state index contributed by atoms with van der Waals surface area (Å²) in [4.78, 5) is 26.4. The number of aromatic nitrogens is 5. The molecule has 0 unspecified atom stereocenters. The van der Waals surface area contributed by atoms with Crippen LogP contribution in [0.15, 0.2) is 22.0 Å². The van der Waals surface area contributed by atoms with Gasteiger partial charge in [0.25, 0.3) is 5.56 Å². The summed E-state index contributed by atoms with van der Waals surface area (Å²) in [6.07, 6.45) is 4.79. The van der Waals surface area contributed by atoms with E-state index in [4.69, 9.17) is 4.74 Å². The second-order valence-electron chi connectivity index (χ2n) is 6.58. The summed E-state index contributed by atoms with van der Waals surface area (Å²) in [5.74, 6) is 5.80. The lowest BCUT2D eigenvalue weighted by molar-refractivity contribution is -0.0301. The number of rotatable bonds is 0.